The molecule has 0 fully saturated rings. The average Bonchev–Trinajstić information content (AvgIpc) is 1.89. The van der Waals surface area contributed by atoms with E-state index in [-0.39, 0.29) is 50.5 Å². The van der Waals surface area contributed by atoms with Crippen molar-refractivity contribution < 1.29 is 64.7 Å². The minimum absolute atomic E-state index is 0. The van der Waals surface area contributed by atoms with Crippen molar-refractivity contribution in [2.45, 2.75) is 0 Å². The van der Waals surface area contributed by atoms with Crippen LogP contribution < -0.4 is 34.0 Å². The van der Waals surface area contributed by atoms with Gasteiger partial charge in [-0.05, 0) is 0 Å². The van der Waals surface area contributed by atoms with Gasteiger partial charge in [-0.25, -0.2) is 0 Å². The SMILES string of the molecule is COCCOCCOC.[Br-].[Br-].[Ni]. The molecular weight excluding hydrogens is 339 g/mol. The van der Waals surface area contributed by atoms with Gasteiger partial charge in [0.15, 0.2) is 0 Å². The summed E-state index contributed by atoms with van der Waals surface area (Å²) in [6.07, 6.45) is 0. The van der Waals surface area contributed by atoms with Crippen LogP contribution in [0.25, 0.3) is 0 Å². The first-order valence-corrected chi connectivity index (χ1v) is 2.97. The van der Waals surface area contributed by atoms with Crippen molar-refractivity contribution in [3.8, 4) is 0 Å². The molecule has 0 amide bonds. The summed E-state index contributed by atoms with van der Waals surface area (Å²) in [5.41, 5.74) is 0. The number of halogens is 2. The molecule has 0 aliphatic rings. The first-order valence-electron chi connectivity index (χ1n) is 2.97. The monoisotopic (exact) mass is 350 g/mol. The second kappa shape index (κ2) is 22.8. The molecule has 0 N–H and O–H groups in total. The van der Waals surface area contributed by atoms with E-state index >= 15 is 0 Å². The summed E-state index contributed by atoms with van der Waals surface area (Å²) in [5.74, 6) is 0. The maximum Gasteiger partial charge on any atom is 0.0701 e. The van der Waals surface area contributed by atoms with E-state index < -0.39 is 0 Å². The maximum atomic E-state index is 5.06. The fraction of sp³-hybridized carbons (Fsp3) is 1.00. The first kappa shape index (κ1) is 23.3. The standard InChI is InChI=1S/C6H14O3.2BrH.Ni/c1-7-3-5-9-6-4-8-2;;;/h3-6H2,1-2H3;2*1H;/p-2. The van der Waals surface area contributed by atoms with Crippen LogP contribution in [0.4, 0.5) is 0 Å². The fourth-order valence-electron chi connectivity index (χ4n) is 0.387. The molecule has 0 saturated carbocycles. The van der Waals surface area contributed by atoms with E-state index in [0.717, 1.165) is 0 Å². The van der Waals surface area contributed by atoms with Gasteiger partial charge in [0, 0.05) is 30.7 Å². The van der Waals surface area contributed by atoms with Crippen LogP contribution in [-0.2, 0) is 30.7 Å². The summed E-state index contributed by atoms with van der Waals surface area (Å²) in [4.78, 5) is 0. The summed E-state index contributed by atoms with van der Waals surface area (Å²) >= 11 is 0. The molecule has 0 atom stereocenters. The van der Waals surface area contributed by atoms with Crippen molar-refractivity contribution in [1.82, 2.24) is 0 Å². The molecule has 0 rings (SSSR count). The molecule has 0 spiro atoms. The summed E-state index contributed by atoms with van der Waals surface area (Å²) in [5, 5.41) is 0. The third-order valence-corrected chi connectivity index (χ3v) is 0.864. The molecule has 0 aliphatic heterocycles. The second-order valence-corrected chi connectivity index (χ2v) is 1.60. The molecule has 0 saturated heterocycles. The average molecular weight is 353 g/mol. The van der Waals surface area contributed by atoms with Crippen LogP contribution in [0.3, 0.4) is 0 Å². The van der Waals surface area contributed by atoms with E-state index in [1.54, 1.807) is 14.2 Å². The van der Waals surface area contributed by atoms with Gasteiger partial charge >= 0.3 is 0 Å². The summed E-state index contributed by atoms with van der Waals surface area (Å²) in [6, 6.07) is 0. The maximum absolute atomic E-state index is 5.06. The Bertz CT molecular complexity index is 54.1. The van der Waals surface area contributed by atoms with Gasteiger partial charge in [0.05, 0.1) is 26.4 Å². The Hall–Kier alpha value is 1.33. The number of ether oxygens (including phenoxy) is 3. The Labute approximate surface area is 105 Å². The molecular formula is C6H14Br2NiO3-2. The molecule has 0 aromatic heterocycles. The topological polar surface area (TPSA) is 27.7 Å². The molecule has 0 aromatic carbocycles. The Morgan fingerprint density at radius 1 is 0.750 bits per heavy atom. The zero-order valence-corrected chi connectivity index (χ0v) is 11.3. The van der Waals surface area contributed by atoms with E-state index in [0.29, 0.717) is 26.4 Å². The van der Waals surface area contributed by atoms with Gasteiger partial charge in [0.1, 0.15) is 0 Å². The van der Waals surface area contributed by atoms with Crippen molar-refractivity contribution in [3.63, 3.8) is 0 Å². The van der Waals surface area contributed by atoms with Crippen molar-refractivity contribution in [2.75, 3.05) is 40.6 Å². The van der Waals surface area contributed by atoms with E-state index in [1.807, 2.05) is 0 Å². The van der Waals surface area contributed by atoms with Crippen molar-refractivity contribution in [2.24, 2.45) is 0 Å². The van der Waals surface area contributed by atoms with Gasteiger partial charge in [0.25, 0.3) is 0 Å². The Morgan fingerprint density at radius 2 is 1.08 bits per heavy atom. The van der Waals surface area contributed by atoms with Crippen molar-refractivity contribution >= 4 is 0 Å². The number of hydrogen-bond donors (Lipinski definition) is 0. The van der Waals surface area contributed by atoms with E-state index in [1.165, 1.54) is 0 Å². The minimum atomic E-state index is 0. The van der Waals surface area contributed by atoms with Crippen LogP contribution in [0.5, 0.6) is 0 Å². The fourth-order valence-corrected chi connectivity index (χ4v) is 0.387. The van der Waals surface area contributed by atoms with Crippen molar-refractivity contribution in [3.05, 3.63) is 0 Å². The van der Waals surface area contributed by atoms with Gasteiger partial charge in [-0.1, -0.05) is 0 Å². The molecule has 6 heteroatoms. The molecule has 0 radical (unpaired) electrons. The summed E-state index contributed by atoms with van der Waals surface area (Å²) < 4.78 is 14.6. The number of hydrogen-bond acceptors (Lipinski definition) is 3. The third kappa shape index (κ3) is 22.5. The quantitative estimate of drug-likeness (QED) is 0.352. The van der Waals surface area contributed by atoms with Gasteiger partial charge in [-0.3, -0.25) is 0 Å². The first-order chi connectivity index (χ1) is 4.41. The van der Waals surface area contributed by atoms with Crippen LogP contribution >= 0.6 is 0 Å². The predicted molar refractivity (Wildman–Crippen MR) is 34.6 cm³/mol. The van der Waals surface area contributed by atoms with Gasteiger partial charge in [-0.15, -0.1) is 0 Å². The summed E-state index contributed by atoms with van der Waals surface area (Å²) in [7, 11) is 3.30. The predicted octanol–water partition coefficient (Wildman–Crippen LogP) is -5.70. The molecule has 0 heterocycles. The van der Waals surface area contributed by atoms with Crippen LogP contribution in [-0.4, -0.2) is 40.6 Å². The smallest absolute Gasteiger partial charge is 0.0701 e. The molecule has 12 heavy (non-hydrogen) atoms. The van der Waals surface area contributed by atoms with Crippen LogP contribution in [0.1, 0.15) is 0 Å². The van der Waals surface area contributed by atoms with Gasteiger partial charge in [0.2, 0.25) is 0 Å². The molecule has 82 valence electrons. The van der Waals surface area contributed by atoms with Crippen LogP contribution in [0.2, 0.25) is 0 Å². The zero-order valence-electron chi connectivity index (χ0n) is 7.13. The molecule has 0 aromatic rings. The number of methoxy groups -OCH3 is 2. The zero-order chi connectivity index (χ0) is 6.95. The molecule has 0 bridgehead atoms. The largest absolute Gasteiger partial charge is 1.00 e. The Balaban J connectivity index is -0.000000107. The summed E-state index contributed by atoms with van der Waals surface area (Å²) in [6.45, 7) is 2.62. The third-order valence-electron chi connectivity index (χ3n) is 0.864. The van der Waals surface area contributed by atoms with Crippen LogP contribution in [0, 0.1) is 0 Å². The van der Waals surface area contributed by atoms with E-state index in [4.69, 9.17) is 14.2 Å². The molecule has 0 unspecified atom stereocenters. The normalized spacial score (nSPS) is 7.50. The van der Waals surface area contributed by atoms with Crippen LogP contribution in [0.15, 0.2) is 0 Å². The van der Waals surface area contributed by atoms with E-state index in [9.17, 15) is 0 Å². The number of rotatable bonds is 6. The minimum Gasteiger partial charge on any atom is -1.00 e. The second-order valence-electron chi connectivity index (χ2n) is 1.60. The van der Waals surface area contributed by atoms with Gasteiger partial charge < -0.3 is 48.2 Å². The van der Waals surface area contributed by atoms with Crippen molar-refractivity contribution in [1.29, 1.82) is 0 Å². The van der Waals surface area contributed by atoms with Gasteiger partial charge in [-0.2, -0.15) is 0 Å². The molecule has 0 aliphatic carbocycles. The Kier molecular flexibility index (Phi) is 44.3. The molecule has 3 nitrogen and oxygen atoms in total. The van der Waals surface area contributed by atoms with E-state index in [2.05, 4.69) is 0 Å². The Morgan fingerprint density at radius 3 is 1.33 bits per heavy atom.